The van der Waals surface area contributed by atoms with Crippen LogP contribution in [0.2, 0.25) is 0 Å². The summed E-state index contributed by atoms with van der Waals surface area (Å²) in [5, 5.41) is 3.30. The van der Waals surface area contributed by atoms with E-state index in [1.54, 1.807) is 0 Å². The van der Waals surface area contributed by atoms with Gasteiger partial charge in [0.1, 0.15) is 0 Å². The molecular formula is C13H21N3O. The van der Waals surface area contributed by atoms with Gasteiger partial charge in [-0.2, -0.15) is 0 Å². The van der Waals surface area contributed by atoms with Crippen LogP contribution >= 0.6 is 0 Å². The van der Waals surface area contributed by atoms with Crippen LogP contribution in [0.15, 0.2) is 18.3 Å². The maximum atomic E-state index is 5.46. The van der Waals surface area contributed by atoms with Gasteiger partial charge in [0.15, 0.2) is 0 Å². The van der Waals surface area contributed by atoms with Gasteiger partial charge in [-0.05, 0) is 25.6 Å². The van der Waals surface area contributed by atoms with Crippen LogP contribution in [0.1, 0.15) is 19.5 Å². The van der Waals surface area contributed by atoms with E-state index in [2.05, 4.69) is 41.2 Å². The van der Waals surface area contributed by atoms with Gasteiger partial charge in [-0.15, -0.1) is 0 Å². The average molecular weight is 235 g/mol. The molecule has 2 rings (SSSR count). The van der Waals surface area contributed by atoms with Crippen molar-refractivity contribution < 1.29 is 4.74 Å². The molecule has 0 bridgehead atoms. The molecule has 0 amide bonds. The molecule has 1 aromatic heterocycles. The van der Waals surface area contributed by atoms with Gasteiger partial charge in [0.25, 0.3) is 0 Å². The summed E-state index contributed by atoms with van der Waals surface area (Å²) >= 11 is 0. The summed E-state index contributed by atoms with van der Waals surface area (Å²) in [5.41, 5.74) is 2.35. The highest BCUT2D eigenvalue weighted by Crippen LogP contribution is 2.19. The van der Waals surface area contributed by atoms with Crippen LogP contribution in [0.3, 0.4) is 0 Å². The third kappa shape index (κ3) is 3.17. The molecule has 1 unspecified atom stereocenters. The number of hydrogen-bond acceptors (Lipinski definition) is 4. The Hall–Kier alpha value is -1.13. The molecular weight excluding hydrogens is 214 g/mol. The van der Waals surface area contributed by atoms with E-state index in [4.69, 9.17) is 4.74 Å². The van der Waals surface area contributed by atoms with Gasteiger partial charge >= 0.3 is 0 Å². The average Bonchev–Trinajstić information content (AvgIpc) is 2.37. The van der Waals surface area contributed by atoms with Crippen molar-refractivity contribution in [2.45, 2.75) is 26.4 Å². The molecule has 1 aromatic rings. The zero-order chi connectivity index (χ0) is 12.1. The molecule has 4 nitrogen and oxygen atoms in total. The number of hydrogen-bond donors (Lipinski definition) is 1. The number of pyridine rings is 1. The van der Waals surface area contributed by atoms with Crippen LogP contribution in [-0.2, 0) is 11.3 Å². The first-order valence-corrected chi connectivity index (χ1v) is 6.31. The Morgan fingerprint density at radius 1 is 1.59 bits per heavy atom. The van der Waals surface area contributed by atoms with Gasteiger partial charge < -0.3 is 15.0 Å². The highest BCUT2D eigenvalue weighted by molar-refractivity contribution is 5.47. The topological polar surface area (TPSA) is 37.4 Å². The molecule has 1 N–H and O–H groups in total. The van der Waals surface area contributed by atoms with Crippen LogP contribution in [0.25, 0.3) is 0 Å². The number of rotatable bonds is 4. The normalized spacial score (nSPS) is 20.6. The largest absolute Gasteiger partial charge is 0.377 e. The quantitative estimate of drug-likeness (QED) is 0.856. The Morgan fingerprint density at radius 3 is 3.24 bits per heavy atom. The number of ether oxygens (including phenoxy) is 1. The highest BCUT2D eigenvalue weighted by atomic mass is 16.5. The van der Waals surface area contributed by atoms with Crippen molar-refractivity contribution >= 4 is 5.69 Å². The van der Waals surface area contributed by atoms with Crippen molar-refractivity contribution in [1.29, 1.82) is 0 Å². The molecule has 1 aliphatic heterocycles. The highest BCUT2D eigenvalue weighted by Gasteiger charge is 2.19. The van der Waals surface area contributed by atoms with E-state index in [-0.39, 0.29) is 0 Å². The molecule has 0 spiro atoms. The summed E-state index contributed by atoms with van der Waals surface area (Å²) in [7, 11) is 0. The van der Waals surface area contributed by atoms with Crippen LogP contribution in [0.5, 0.6) is 0 Å². The standard InChI is InChI=1S/C13H21N3O/c1-3-14-9-12-8-13(4-5-15-12)16-6-7-17-10-11(16)2/h4-5,8,11,14H,3,6-7,9-10H2,1-2H3. The summed E-state index contributed by atoms with van der Waals surface area (Å²) in [6.07, 6.45) is 1.89. The third-order valence-electron chi connectivity index (χ3n) is 3.06. The molecule has 0 radical (unpaired) electrons. The van der Waals surface area contributed by atoms with Crippen molar-refractivity contribution in [1.82, 2.24) is 10.3 Å². The van der Waals surface area contributed by atoms with Crippen LogP contribution in [0.4, 0.5) is 5.69 Å². The smallest absolute Gasteiger partial charge is 0.0668 e. The van der Waals surface area contributed by atoms with E-state index in [1.165, 1.54) is 5.69 Å². The maximum Gasteiger partial charge on any atom is 0.0668 e. The molecule has 1 atom stereocenters. The second-order valence-corrected chi connectivity index (χ2v) is 4.40. The second kappa shape index (κ2) is 5.98. The van der Waals surface area contributed by atoms with Gasteiger partial charge in [0.2, 0.25) is 0 Å². The lowest BCUT2D eigenvalue weighted by molar-refractivity contribution is 0.0989. The van der Waals surface area contributed by atoms with Crippen molar-refractivity contribution in [3.8, 4) is 0 Å². The minimum atomic E-state index is 0.443. The lowest BCUT2D eigenvalue weighted by atomic mass is 10.2. The Labute approximate surface area is 103 Å². The van der Waals surface area contributed by atoms with E-state index < -0.39 is 0 Å². The Balaban J connectivity index is 2.08. The molecule has 1 saturated heterocycles. The lowest BCUT2D eigenvalue weighted by Crippen LogP contribution is -2.43. The third-order valence-corrected chi connectivity index (χ3v) is 3.06. The monoisotopic (exact) mass is 235 g/mol. The van der Waals surface area contributed by atoms with Crippen molar-refractivity contribution in [3.63, 3.8) is 0 Å². The molecule has 0 saturated carbocycles. The Kier molecular flexibility index (Phi) is 4.34. The Bertz CT molecular complexity index is 356. The fraction of sp³-hybridized carbons (Fsp3) is 0.615. The van der Waals surface area contributed by atoms with Gasteiger partial charge in [0, 0.05) is 31.0 Å². The van der Waals surface area contributed by atoms with Crippen LogP contribution in [-0.4, -0.2) is 37.3 Å². The van der Waals surface area contributed by atoms with E-state index in [1.807, 2.05) is 6.20 Å². The first-order chi connectivity index (χ1) is 8.31. The number of nitrogens with one attached hydrogen (secondary N) is 1. The van der Waals surface area contributed by atoms with E-state index in [0.29, 0.717) is 6.04 Å². The Morgan fingerprint density at radius 2 is 2.47 bits per heavy atom. The van der Waals surface area contributed by atoms with Crippen LogP contribution < -0.4 is 10.2 Å². The summed E-state index contributed by atoms with van der Waals surface area (Å²) in [6.45, 7) is 8.70. The second-order valence-electron chi connectivity index (χ2n) is 4.40. The van der Waals surface area contributed by atoms with E-state index in [0.717, 1.165) is 38.5 Å². The molecule has 2 heterocycles. The fourth-order valence-corrected chi connectivity index (χ4v) is 2.10. The van der Waals surface area contributed by atoms with Crippen LogP contribution in [0, 0.1) is 0 Å². The van der Waals surface area contributed by atoms with Gasteiger partial charge in [-0.1, -0.05) is 6.92 Å². The molecule has 1 aliphatic rings. The maximum absolute atomic E-state index is 5.46. The summed E-state index contributed by atoms with van der Waals surface area (Å²) in [6, 6.07) is 4.69. The molecule has 0 aromatic carbocycles. The molecule has 0 aliphatic carbocycles. The van der Waals surface area contributed by atoms with E-state index in [9.17, 15) is 0 Å². The molecule has 94 valence electrons. The lowest BCUT2D eigenvalue weighted by Gasteiger charge is -2.35. The van der Waals surface area contributed by atoms with Gasteiger partial charge in [-0.25, -0.2) is 0 Å². The summed E-state index contributed by atoms with van der Waals surface area (Å²) in [5.74, 6) is 0. The number of aromatic nitrogens is 1. The number of nitrogens with zero attached hydrogens (tertiary/aromatic N) is 2. The number of morpholine rings is 1. The predicted octanol–water partition coefficient (Wildman–Crippen LogP) is 1.42. The fourth-order valence-electron chi connectivity index (χ4n) is 2.10. The molecule has 17 heavy (non-hydrogen) atoms. The zero-order valence-electron chi connectivity index (χ0n) is 10.6. The first kappa shape index (κ1) is 12.3. The minimum absolute atomic E-state index is 0.443. The first-order valence-electron chi connectivity index (χ1n) is 6.31. The zero-order valence-corrected chi connectivity index (χ0v) is 10.6. The minimum Gasteiger partial charge on any atom is -0.377 e. The SMILES string of the molecule is CCNCc1cc(N2CCOCC2C)ccn1. The van der Waals surface area contributed by atoms with E-state index >= 15 is 0 Å². The van der Waals surface area contributed by atoms with Gasteiger partial charge in [-0.3, -0.25) is 4.98 Å². The molecule has 4 heteroatoms. The predicted molar refractivity (Wildman–Crippen MR) is 69.2 cm³/mol. The molecule has 1 fully saturated rings. The van der Waals surface area contributed by atoms with Crippen molar-refractivity contribution in [2.75, 3.05) is 31.2 Å². The van der Waals surface area contributed by atoms with Gasteiger partial charge in [0.05, 0.1) is 18.9 Å². The summed E-state index contributed by atoms with van der Waals surface area (Å²) < 4.78 is 5.46. The summed E-state index contributed by atoms with van der Waals surface area (Å²) in [4.78, 5) is 6.77. The number of anilines is 1. The van der Waals surface area contributed by atoms with Crippen molar-refractivity contribution in [3.05, 3.63) is 24.0 Å². The van der Waals surface area contributed by atoms with Crippen molar-refractivity contribution in [2.24, 2.45) is 0 Å².